The summed E-state index contributed by atoms with van der Waals surface area (Å²) in [5.74, 6) is -0.295. The maximum atomic E-state index is 12.7. The lowest BCUT2D eigenvalue weighted by molar-refractivity contribution is -0.384. The zero-order valence-electron chi connectivity index (χ0n) is 15.2. The van der Waals surface area contributed by atoms with Crippen molar-refractivity contribution in [3.05, 3.63) is 57.6 Å². The largest absolute Gasteiger partial charge is 0.497 e. The van der Waals surface area contributed by atoms with E-state index in [1.165, 1.54) is 38.3 Å². The van der Waals surface area contributed by atoms with E-state index in [9.17, 15) is 23.3 Å². The Kier molecular flexibility index (Phi) is 6.47. The molecule has 0 heterocycles. The van der Waals surface area contributed by atoms with Crippen molar-refractivity contribution in [2.75, 3.05) is 23.0 Å². The molecule has 0 radical (unpaired) electrons. The zero-order chi connectivity index (χ0) is 21.1. The zero-order valence-corrected chi connectivity index (χ0v) is 16.8. The number of nitrogens with one attached hydrogen (secondary N) is 1. The van der Waals surface area contributed by atoms with Gasteiger partial charge in [-0.25, -0.2) is 8.42 Å². The number of benzene rings is 2. The number of hydrogen-bond acceptors (Lipinski definition) is 6. The van der Waals surface area contributed by atoms with Gasteiger partial charge in [0.05, 0.1) is 34.7 Å². The summed E-state index contributed by atoms with van der Waals surface area (Å²) in [5.41, 5.74) is -0.0263. The molecule has 0 spiro atoms. The first-order valence-corrected chi connectivity index (χ1v) is 10.2. The van der Waals surface area contributed by atoms with Crippen molar-refractivity contribution in [2.45, 2.75) is 13.0 Å². The van der Waals surface area contributed by atoms with Gasteiger partial charge in [-0.15, -0.1) is 0 Å². The Hall–Kier alpha value is -2.85. The highest BCUT2D eigenvalue weighted by atomic mass is 35.5. The molecule has 2 aromatic rings. The molecule has 0 bridgehead atoms. The van der Waals surface area contributed by atoms with Gasteiger partial charge in [0.1, 0.15) is 11.8 Å². The number of carbonyl (C=O) groups excluding carboxylic acids is 1. The molecule has 2 rings (SSSR count). The number of methoxy groups -OCH3 is 1. The molecule has 2 aromatic carbocycles. The van der Waals surface area contributed by atoms with E-state index < -0.39 is 26.9 Å². The molecule has 0 fully saturated rings. The Morgan fingerprint density at radius 3 is 2.54 bits per heavy atom. The number of rotatable bonds is 7. The molecule has 0 aliphatic rings. The van der Waals surface area contributed by atoms with Crippen LogP contribution in [-0.2, 0) is 14.8 Å². The number of nitro benzene ring substituents is 1. The minimum atomic E-state index is -3.84. The van der Waals surface area contributed by atoms with Gasteiger partial charge in [0, 0.05) is 18.2 Å². The summed E-state index contributed by atoms with van der Waals surface area (Å²) in [6.45, 7) is 1.39. The van der Waals surface area contributed by atoms with Crippen LogP contribution >= 0.6 is 11.6 Å². The van der Waals surface area contributed by atoms with Gasteiger partial charge >= 0.3 is 0 Å². The van der Waals surface area contributed by atoms with E-state index in [1.54, 1.807) is 12.1 Å². The van der Waals surface area contributed by atoms with Crippen LogP contribution in [0.4, 0.5) is 17.1 Å². The lowest BCUT2D eigenvalue weighted by atomic mass is 10.2. The topological polar surface area (TPSA) is 119 Å². The predicted octanol–water partition coefficient (Wildman–Crippen LogP) is 3.05. The highest BCUT2D eigenvalue weighted by Gasteiger charge is 2.30. The molecule has 0 aromatic heterocycles. The molecule has 1 N–H and O–H groups in total. The van der Waals surface area contributed by atoms with Crippen molar-refractivity contribution in [1.29, 1.82) is 0 Å². The number of nitro groups is 1. The molecule has 1 atom stereocenters. The lowest BCUT2D eigenvalue weighted by Crippen LogP contribution is -2.45. The normalized spacial score (nSPS) is 12.1. The van der Waals surface area contributed by atoms with E-state index in [1.807, 2.05) is 0 Å². The molecule has 9 nitrogen and oxygen atoms in total. The van der Waals surface area contributed by atoms with E-state index >= 15 is 0 Å². The summed E-state index contributed by atoms with van der Waals surface area (Å²) in [4.78, 5) is 23.0. The Bertz CT molecular complexity index is 1010. The third-order valence-electron chi connectivity index (χ3n) is 3.81. The van der Waals surface area contributed by atoms with Gasteiger partial charge < -0.3 is 10.1 Å². The van der Waals surface area contributed by atoms with E-state index in [-0.39, 0.29) is 22.1 Å². The summed E-state index contributed by atoms with van der Waals surface area (Å²) >= 11 is 5.99. The molecular formula is C17H18ClN3O6S. The predicted molar refractivity (Wildman–Crippen MR) is 107 cm³/mol. The number of amides is 1. The Balaban J connectivity index is 2.37. The number of nitrogens with zero attached hydrogens (tertiary/aromatic N) is 2. The standard InChI is InChI=1S/C17H18ClN3O6S/c1-11(17(22)19-16-10-13(21(23)24)7-8-15(16)18)20(28(3,25)26)12-5-4-6-14(9-12)27-2/h4-11H,1-3H3,(H,19,22)/t11-/m0/s1. The van der Waals surface area contributed by atoms with Crippen LogP contribution in [0.3, 0.4) is 0 Å². The second-order valence-corrected chi connectivity index (χ2v) is 8.11. The van der Waals surface area contributed by atoms with Crippen LogP contribution in [0, 0.1) is 10.1 Å². The fraction of sp³-hybridized carbons (Fsp3) is 0.235. The molecule has 0 aliphatic heterocycles. The first-order valence-electron chi connectivity index (χ1n) is 7.93. The van der Waals surface area contributed by atoms with E-state index in [0.717, 1.165) is 16.6 Å². The molecule has 0 unspecified atom stereocenters. The fourth-order valence-corrected chi connectivity index (χ4v) is 3.85. The molecule has 150 valence electrons. The molecule has 0 saturated heterocycles. The van der Waals surface area contributed by atoms with Crippen molar-refractivity contribution >= 4 is 44.6 Å². The van der Waals surface area contributed by atoms with Crippen molar-refractivity contribution in [3.63, 3.8) is 0 Å². The quantitative estimate of drug-likeness (QED) is 0.535. The Morgan fingerprint density at radius 2 is 1.96 bits per heavy atom. The van der Waals surface area contributed by atoms with Gasteiger partial charge in [-0.3, -0.25) is 19.2 Å². The lowest BCUT2D eigenvalue weighted by Gasteiger charge is -2.28. The summed E-state index contributed by atoms with van der Waals surface area (Å²) in [7, 11) is -2.40. The average Bonchev–Trinajstić information content (AvgIpc) is 2.62. The van der Waals surface area contributed by atoms with Crippen molar-refractivity contribution < 1.29 is 22.9 Å². The van der Waals surface area contributed by atoms with E-state index in [2.05, 4.69) is 5.32 Å². The van der Waals surface area contributed by atoms with Gasteiger partial charge in [0.15, 0.2) is 0 Å². The van der Waals surface area contributed by atoms with E-state index in [0.29, 0.717) is 5.75 Å². The van der Waals surface area contributed by atoms with Crippen LogP contribution in [-0.4, -0.2) is 38.7 Å². The second-order valence-electron chi connectivity index (χ2n) is 5.85. The van der Waals surface area contributed by atoms with Crippen LogP contribution < -0.4 is 14.4 Å². The number of ether oxygens (including phenoxy) is 1. The third-order valence-corrected chi connectivity index (χ3v) is 5.39. The van der Waals surface area contributed by atoms with Gasteiger partial charge in [-0.05, 0) is 25.1 Å². The first kappa shape index (κ1) is 21.5. The third kappa shape index (κ3) is 4.90. The number of hydrogen-bond donors (Lipinski definition) is 1. The highest BCUT2D eigenvalue weighted by molar-refractivity contribution is 7.92. The number of halogens is 1. The Labute approximate surface area is 167 Å². The number of anilines is 2. The van der Waals surface area contributed by atoms with Gasteiger partial charge in [-0.2, -0.15) is 0 Å². The van der Waals surface area contributed by atoms with Crippen LogP contribution in [0.15, 0.2) is 42.5 Å². The highest BCUT2D eigenvalue weighted by Crippen LogP contribution is 2.29. The number of carbonyl (C=O) groups is 1. The smallest absolute Gasteiger partial charge is 0.271 e. The summed E-state index contributed by atoms with van der Waals surface area (Å²) in [6.07, 6.45) is 0.969. The summed E-state index contributed by atoms with van der Waals surface area (Å²) < 4.78 is 30.7. The van der Waals surface area contributed by atoms with Crippen LogP contribution in [0.25, 0.3) is 0 Å². The minimum absolute atomic E-state index is 0.00631. The van der Waals surface area contributed by atoms with Crippen LogP contribution in [0.2, 0.25) is 5.02 Å². The van der Waals surface area contributed by atoms with Gasteiger partial charge in [-0.1, -0.05) is 17.7 Å². The molecule has 11 heteroatoms. The molecule has 0 aliphatic carbocycles. The molecule has 28 heavy (non-hydrogen) atoms. The summed E-state index contributed by atoms with van der Waals surface area (Å²) in [5, 5.41) is 13.4. The van der Waals surface area contributed by atoms with Crippen molar-refractivity contribution in [1.82, 2.24) is 0 Å². The molecule has 0 saturated carbocycles. The maximum Gasteiger partial charge on any atom is 0.271 e. The molecular weight excluding hydrogens is 410 g/mol. The monoisotopic (exact) mass is 427 g/mol. The van der Waals surface area contributed by atoms with Crippen LogP contribution in [0.5, 0.6) is 5.75 Å². The first-order chi connectivity index (χ1) is 13.0. The number of sulfonamides is 1. The maximum absolute atomic E-state index is 12.7. The Morgan fingerprint density at radius 1 is 1.29 bits per heavy atom. The number of non-ortho nitro benzene ring substituents is 1. The second kappa shape index (κ2) is 8.44. The van der Waals surface area contributed by atoms with Gasteiger partial charge in [0.25, 0.3) is 5.69 Å². The van der Waals surface area contributed by atoms with Crippen LogP contribution in [0.1, 0.15) is 6.92 Å². The molecule has 1 amide bonds. The van der Waals surface area contributed by atoms with Gasteiger partial charge in [0.2, 0.25) is 15.9 Å². The average molecular weight is 428 g/mol. The van der Waals surface area contributed by atoms with Crippen molar-refractivity contribution in [3.8, 4) is 5.75 Å². The minimum Gasteiger partial charge on any atom is -0.497 e. The summed E-state index contributed by atoms with van der Waals surface area (Å²) in [6, 6.07) is 8.63. The fourth-order valence-electron chi connectivity index (χ4n) is 2.52. The van der Waals surface area contributed by atoms with E-state index in [4.69, 9.17) is 16.3 Å². The van der Waals surface area contributed by atoms with Crippen molar-refractivity contribution in [2.24, 2.45) is 0 Å². The SMILES string of the molecule is COc1cccc(N([C@@H](C)C(=O)Nc2cc([N+](=O)[O-])ccc2Cl)S(C)(=O)=O)c1.